The highest BCUT2D eigenvalue weighted by Gasteiger charge is 2.17. The first kappa shape index (κ1) is 15.6. The highest BCUT2D eigenvalue weighted by Crippen LogP contribution is 2.10. The molecule has 106 valence electrons. The molecule has 2 amide bonds. The summed E-state index contributed by atoms with van der Waals surface area (Å²) >= 11 is 1.49. The number of hydrogen-bond donors (Lipinski definition) is 3. The van der Waals surface area contributed by atoms with E-state index in [1.165, 1.54) is 11.3 Å². The van der Waals surface area contributed by atoms with Crippen molar-refractivity contribution in [3.05, 3.63) is 16.1 Å². The number of aromatic nitrogens is 1. The van der Waals surface area contributed by atoms with E-state index in [-0.39, 0.29) is 24.3 Å². The average molecular weight is 284 g/mol. The van der Waals surface area contributed by atoms with Crippen LogP contribution in [0.5, 0.6) is 0 Å². The predicted molar refractivity (Wildman–Crippen MR) is 74.5 cm³/mol. The zero-order valence-corrected chi connectivity index (χ0v) is 12.2. The fourth-order valence-corrected chi connectivity index (χ4v) is 2.04. The summed E-state index contributed by atoms with van der Waals surface area (Å²) in [5.74, 6) is -0.501. The van der Waals surface area contributed by atoms with Crippen LogP contribution in [-0.4, -0.2) is 29.4 Å². The van der Waals surface area contributed by atoms with E-state index in [1.807, 2.05) is 20.8 Å². The van der Waals surface area contributed by atoms with Gasteiger partial charge in [0.15, 0.2) is 0 Å². The molecule has 7 heteroatoms. The number of nitrogens with zero attached hydrogens (tertiary/aromatic N) is 1. The van der Waals surface area contributed by atoms with Crippen LogP contribution in [0.1, 0.15) is 24.4 Å². The summed E-state index contributed by atoms with van der Waals surface area (Å²) < 4.78 is 0. The Bertz CT molecular complexity index is 445. The highest BCUT2D eigenvalue weighted by molar-refractivity contribution is 7.09. The first-order chi connectivity index (χ1) is 8.91. The van der Waals surface area contributed by atoms with Crippen LogP contribution in [-0.2, 0) is 16.1 Å². The Kier molecular flexibility index (Phi) is 5.91. The molecule has 1 atom stereocenters. The summed E-state index contributed by atoms with van der Waals surface area (Å²) in [5, 5.41) is 5.25. The van der Waals surface area contributed by atoms with Crippen LogP contribution in [0.25, 0.3) is 0 Å². The Morgan fingerprint density at radius 3 is 2.63 bits per heavy atom. The molecule has 0 radical (unpaired) electrons. The van der Waals surface area contributed by atoms with E-state index in [0.717, 1.165) is 10.6 Å². The topological polar surface area (TPSA) is 97.1 Å². The Morgan fingerprint density at radius 1 is 1.42 bits per heavy atom. The van der Waals surface area contributed by atoms with Gasteiger partial charge in [-0.25, -0.2) is 4.98 Å². The number of nitrogens with one attached hydrogen (secondary N) is 2. The number of carbonyl (C=O) groups excluding carboxylic acids is 2. The normalized spacial score (nSPS) is 12.3. The van der Waals surface area contributed by atoms with Crippen molar-refractivity contribution < 1.29 is 9.59 Å². The summed E-state index contributed by atoms with van der Waals surface area (Å²) in [6.07, 6.45) is 0. The molecule has 0 saturated heterocycles. The maximum atomic E-state index is 11.6. The molecule has 0 bridgehead atoms. The molecular weight excluding hydrogens is 264 g/mol. The molecule has 0 saturated carbocycles. The molecule has 0 fully saturated rings. The minimum atomic E-state index is -0.587. The molecule has 0 aliphatic heterocycles. The fourth-order valence-electron chi connectivity index (χ4n) is 1.33. The number of hydrogen-bond acceptors (Lipinski definition) is 5. The number of nitrogens with two attached hydrogens (primary N) is 1. The van der Waals surface area contributed by atoms with Crippen molar-refractivity contribution in [3.63, 3.8) is 0 Å². The van der Waals surface area contributed by atoms with Gasteiger partial charge in [0.2, 0.25) is 11.8 Å². The van der Waals surface area contributed by atoms with Crippen molar-refractivity contribution in [1.29, 1.82) is 0 Å². The van der Waals surface area contributed by atoms with Gasteiger partial charge < -0.3 is 16.4 Å². The quantitative estimate of drug-likeness (QED) is 0.693. The first-order valence-electron chi connectivity index (χ1n) is 6.10. The Hall–Kier alpha value is -1.47. The van der Waals surface area contributed by atoms with Crippen molar-refractivity contribution in [2.45, 2.75) is 33.4 Å². The van der Waals surface area contributed by atoms with Gasteiger partial charge in [-0.2, -0.15) is 0 Å². The molecule has 6 nitrogen and oxygen atoms in total. The third-order valence-electron chi connectivity index (χ3n) is 2.74. The first-order valence-corrected chi connectivity index (χ1v) is 6.98. The second-order valence-corrected chi connectivity index (χ2v) is 5.56. The summed E-state index contributed by atoms with van der Waals surface area (Å²) in [5.41, 5.74) is 8.32. The number of amides is 2. The molecule has 1 aromatic rings. The van der Waals surface area contributed by atoms with Crippen LogP contribution >= 0.6 is 11.3 Å². The smallest absolute Gasteiger partial charge is 0.239 e. The van der Waals surface area contributed by atoms with Crippen molar-refractivity contribution >= 4 is 23.2 Å². The lowest BCUT2D eigenvalue weighted by atomic mass is 10.1. The Balaban J connectivity index is 2.29. The molecule has 0 aliphatic rings. The zero-order valence-electron chi connectivity index (χ0n) is 11.4. The maximum Gasteiger partial charge on any atom is 0.239 e. The molecule has 1 heterocycles. The minimum Gasteiger partial charge on any atom is -0.350 e. The predicted octanol–water partition coefficient (Wildman–Crippen LogP) is 0.167. The Morgan fingerprint density at radius 2 is 2.11 bits per heavy atom. The van der Waals surface area contributed by atoms with Crippen molar-refractivity contribution in [3.8, 4) is 0 Å². The van der Waals surface area contributed by atoms with Crippen LogP contribution < -0.4 is 16.4 Å². The summed E-state index contributed by atoms with van der Waals surface area (Å²) in [6.45, 7) is 5.98. The SMILES string of the molecule is Cc1ncsc1CNC(=O)CNC(=O)[C@@H](N)C(C)C. The van der Waals surface area contributed by atoms with E-state index in [9.17, 15) is 9.59 Å². The van der Waals surface area contributed by atoms with E-state index in [0.29, 0.717) is 6.54 Å². The second kappa shape index (κ2) is 7.20. The lowest BCUT2D eigenvalue weighted by Gasteiger charge is -2.15. The Labute approximate surface area is 116 Å². The second-order valence-electron chi connectivity index (χ2n) is 4.63. The molecule has 1 aromatic heterocycles. The van der Waals surface area contributed by atoms with Gasteiger partial charge >= 0.3 is 0 Å². The summed E-state index contributed by atoms with van der Waals surface area (Å²) in [6, 6.07) is -0.587. The van der Waals surface area contributed by atoms with Gasteiger partial charge in [0.25, 0.3) is 0 Å². The van der Waals surface area contributed by atoms with Gasteiger partial charge in [-0.15, -0.1) is 11.3 Å². The monoisotopic (exact) mass is 284 g/mol. The van der Waals surface area contributed by atoms with Crippen LogP contribution in [0.3, 0.4) is 0 Å². The van der Waals surface area contributed by atoms with E-state index in [2.05, 4.69) is 15.6 Å². The molecule has 4 N–H and O–H groups in total. The molecule has 1 rings (SSSR count). The van der Waals surface area contributed by atoms with Gasteiger partial charge in [0, 0.05) is 4.88 Å². The highest BCUT2D eigenvalue weighted by atomic mass is 32.1. The van der Waals surface area contributed by atoms with Crippen molar-refractivity contribution in [1.82, 2.24) is 15.6 Å². The summed E-state index contributed by atoms with van der Waals surface area (Å²) in [7, 11) is 0. The molecule has 0 unspecified atom stereocenters. The zero-order chi connectivity index (χ0) is 14.4. The molecule has 0 aromatic carbocycles. The van der Waals surface area contributed by atoms with Crippen LogP contribution in [0, 0.1) is 12.8 Å². The van der Waals surface area contributed by atoms with Crippen LogP contribution in [0.15, 0.2) is 5.51 Å². The summed E-state index contributed by atoms with van der Waals surface area (Å²) in [4.78, 5) is 28.2. The molecule has 0 aliphatic carbocycles. The standard InChI is InChI=1S/C12H20N4O2S/c1-7(2)11(13)12(18)15-5-10(17)14-4-9-8(3)16-6-19-9/h6-7,11H,4-5,13H2,1-3H3,(H,14,17)(H,15,18)/t11-/m0/s1. The minimum absolute atomic E-state index is 0.0444. The molecule has 0 spiro atoms. The van der Waals surface area contributed by atoms with Crippen LogP contribution in [0.2, 0.25) is 0 Å². The number of rotatable bonds is 6. The van der Waals surface area contributed by atoms with E-state index >= 15 is 0 Å². The van der Waals surface area contributed by atoms with Crippen molar-refractivity contribution in [2.24, 2.45) is 11.7 Å². The van der Waals surface area contributed by atoms with Crippen molar-refractivity contribution in [2.75, 3.05) is 6.54 Å². The molecule has 19 heavy (non-hydrogen) atoms. The van der Waals surface area contributed by atoms with Crippen LogP contribution in [0.4, 0.5) is 0 Å². The largest absolute Gasteiger partial charge is 0.350 e. The third-order valence-corrected chi connectivity index (χ3v) is 3.67. The van der Waals surface area contributed by atoms with Gasteiger partial charge in [-0.3, -0.25) is 9.59 Å². The number of thiazole rings is 1. The average Bonchev–Trinajstić information content (AvgIpc) is 2.77. The number of carbonyl (C=O) groups is 2. The van der Waals surface area contributed by atoms with Gasteiger partial charge in [0.05, 0.1) is 30.3 Å². The fraction of sp³-hybridized carbons (Fsp3) is 0.583. The van der Waals surface area contributed by atoms with E-state index < -0.39 is 6.04 Å². The van der Waals surface area contributed by atoms with E-state index in [4.69, 9.17) is 5.73 Å². The maximum absolute atomic E-state index is 11.6. The number of aryl methyl sites for hydroxylation is 1. The molecular formula is C12H20N4O2S. The third kappa shape index (κ3) is 4.96. The van der Waals surface area contributed by atoms with Gasteiger partial charge in [0.1, 0.15) is 0 Å². The lowest BCUT2D eigenvalue weighted by molar-refractivity contribution is -0.127. The van der Waals surface area contributed by atoms with Gasteiger partial charge in [-0.05, 0) is 12.8 Å². The van der Waals surface area contributed by atoms with E-state index in [1.54, 1.807) is 5.51 Å². The lowest BCUT2D eigenvalue weighted by Crippen LogP contribution is -2.47. The van der Waals surface area contributed by atoms with Gasteiger partial charge in [-0.1, -0.05) is 13.8 Å².